The predicted octanol–water partition coefficient (Wildman–Crippen LogP) is 2.40. The van der Waals surface area contributed by atoms with Crippen molar-refractivity contribution in [2.75, 3.05) is 0 Å². The fourth-order valence-electron chi connectivity index (χ4n) is 1.60. The molecule has 0 aliphatic rings. The second kappa shape index (κ2) is 4.16. The summed E-state index contributed by atoms with van der Waals surface area (Å²) in [5, 5.41) is 4.25. The van der Waals surface area contributed by atoms with Crippen LogP contribution in [0.2, 0.25) is 0 Å². The zero-order valence-corrected chi connectivity index (χ0v) is 10.0. The summed E-state index contributed by atoms with van der Waals surface area (Å²) in [5.74, 6) is 0. The van der Waals surface area contributed by atoms with Gasteiger partial charge in [0, 0.05) is 12.7 Å². The molecule has 0 fully saturated rings. The van der Waals surface area contributed by atoms with Crippen molar-refractivity contribution in [1.82, 2.24) is 9.78 Å². The average Bonchev–Trinajstić information content (AvgIpc) is 2.64. The maximum Gasteiger partial charge on any atom is 0.0693 e. The van der Waals surface area contributed by atoms with Crippen LogP contribution in [0.25, 0.3) is 5.69 Å². The highest BCUT2D eigenvalue weighted by Gasteiger charge is 2.06. The van der Waals surface area contributed by atoms with E-state index in [0.29, 0.717) is 6.54 Å². The van der Waals surface area contributed by atoms with Crippen LogP contribution in [0.5, 0.6) is 0 Å². The quantitative estimate of drug-likeness (QED) is 0.907. The molecular formula is C11H12BrN3. The van der Waals surface area contributed by atoms with Crippen LogP contribution < -0.4 is 5.73 Å². The van der Waals surface area contributed by atoms with E-state index in [2.05, 4.69) is 34.0 Å². The van der Waals surface area contributed by atoms with Gasteiger partial charge in [-0.15, -0.1) is 0 Å². The van der Waals surface area contributed by atoms with E-state index < -0.39 is 0 Å². The molecule has 2 N–H and O–H groups in total. The summed E-state index contributed by atoms with van der Waals surface area (Å²) in [4.78, 5) is 0. The van der Waals surface area contributed by atoms with E-state index in [-0.39, 0.29) is 0 Å². The number of halogens is 1. The van der Waals surface area contributed by atoms with Gasteiger partial charge in [0.25, 0.3) is 0 Å². The fraction of sp³-hybridized carbons (Fsp3) is 0.182. The number of hydrogen-bond donors (Lipinski definition) is 1. The van der Waals surface area contributed by atoms with E-state index in [4.69, 9.17) is 5.73 Å². The van der Waals surface area contributed by atoms with Gasteiger partial charge < -0.3 is 5.73 Å². The predicted molar refractivity (Wildman–Crippen MR) is 63.9 cm³/mol. The molecule has 78 valence electrons. The summed E-state index contributed by atoms with van der Waals surface area (Å²) in [5.41, 5.74) is 9.12. The van der Waals surface area contributed by atoms with Crippen molar-refractivity contribution < 1.29 is 0 Å². The van der Waals surface area contributed by atoms with Gasteiger partial charge in [-0.2, -0.15) is 5.10 Å². The molecule has 2 aromatic rings. The third kappa shape index (κ3) is 1.96. The van der Waals surface area contributed by atoms with Crippen LogP contribution in [0, 0.1) is 6.92 Å². The summed E-state index contributed by atoms with van der Waals surface area (Å²) in [6.07, 6.45) is 3.69. The van der Waals surface area contributed by atoms with Crippen molar-refractivity contribution in [3.05, 3.63) is 46.2 Å². The molecule has 0 saturated carbocycles. The van der Waals surface area contributed by atoms with Gasteiger partial charge in [0.05, 0.1) is 16.4 Å². The Labute approximate surface area is 97.0 Å². The molecule has 4 heteroatoms. The lowest BCUT2D eigenvalue weighted by atomic mass is 10.1. The molecule has 0 spiro atoms. The van der Waals surface area contributed by atoms with Gasteiger partial charge >= 0.3 is 0 Å². The molecule has 0 atom stereocenters. The van der Waals surface area contributed by atoms with Crippen LogP contribution in [0.1, 0.15) is 11.1 Å². The fourth-order valence-corrected chi connectivity index (χ4v) is 1.89. The number of nitrogens with zero attached hydrogens (tertiary/aromatic N) is 2. The second-order valence-electron chi connectivity index (χ2n) is 3.38. The van der Waals surface area contributed by atoms with Gasteiger partial charge in [0.15, 0.2) is 0 Å². The molecule has 0 aliphatic heterocycles. The Morgan fingerprint density at radius 1 is 1.47 bits per heavy atom. The Morgan fingerprint density at radius 2 is 2.27 bits per heavy atom. The summed E-state index contributed by atoms with van der Waals surface area (Å²) in [6, 6.07) is 6.10. The summed E-state index contributed by atoms with van der Waals surface area (Å²) < 4.78 is 2.80. The van der Waals surface area contributed by atoms with Crippen molar-refractivity contribution >= 4 is 15.9 Å². The largest absolute Gasteiger partial charge is 0.326 e. The van der Waals surface area contributed by atoms with Crippen molar-refractivity contribution in [3.63, 3.8) is 0 Å². The van der Waals surface area contributed by atoms with Crippen molar-refractivity contribution in [2.45, 2.75) is 13.5 Å². The van der Waals surface area contributed by atoms with Crippen LogP contribution in [0.15, 0.2) is 35.1 Å². The Balaban J connectivity index is 2.57. The Kier molecular flexibility index (Phi) is 2.88. The van der Waals surface area contributed by atoms with Gasteiger partial charge in [-0.1, -0.05) is 12.1 Å². The molecule has 3 nitrogen and oxygen atoms in total. The van der Waals surface area contributed by atoms with Gasteiger partial charge in [-0.25, -0.2) is 4.68 Å². The topological polar surface area (TPSA) is 43.8 Å². The molecule has 0 saturated heterocycles. The zero-order valence-electron chi connectivity index (χ0n) is 8.44. The molecule has 2 rings (SSSR count). The van der Waals surface area contributed by atoms with E-state index in [1.807, 2.05) is 23.0 Å². The Morgan fingerprint density at radius 3 is 2.87 bits per heavy atom. The van der Waals surface area contributed by atoms with E-state index in [1.54, 1.807) is 6.20 Å². The van der Waals surface area contributed by atoms with Crippen LogP contribution in [-0.2, 0) is 6.54 Å². The minimum absolute atomic E-state index is 0.527. The first kappa shape index (κ1) is 10.4. The lowest BCUT2D eigenvalue weighted by Crippen LogP contribution is -2.06. The number of benzene rings is 1. The highest BCUT2D eigenvalue weighted by Crippen LogP contribution is 2.19. The SMILES string of the molecule is Cc1cccc(-n2cc(Br)cn2)c1CN. The summed E-state index contributed by atoms with van der Waals surface area (Å²) in [6.45, 7) is 2.59. The van der Waals surface area contributed by atoms with Crippen molar-refractivity contribution in [1.29, 1.82) is 0 Å². The van der Waals surface area contributed by atoms with Crippen LogP contribution >= 0.6 is 15.9 Å². The summed E-state index contributed by atoms with van der Waals surface area (Å²) >= 11 is 3.38. The number of nitrogens with two attached hydrogens (primary N) is 1. The van der Waals surface area contributed by atoms with Crippen LogP contribution in [0.3, 0.4) is 0 Å². The summed E-state index contributed by atoms with van der Waals surface area (Å²) in [7, 11) is 0. The molecular weight excluding hydrogens is 254 g/mol. The number of aromatic nitrogens is 2. The van der Waals surface area contributed by atoms with Gasteiger partial charge in [0.1, 0.15) is 0 Å². The second-order valence-corrected chi connectivity index (χ2v) is 4.30. The monoisotopic (exact) mass is 265 g/mol. The first-order chi connectivity index (χ1) is 7.22. The molecule has 0 amide bonds. The zero-order chi connectivity index (χ0) is 10.8. The maximum absolute atomic E-state index is 5.74. The van der Waals surface area contributed by atoms with E-state index in [0.717, 1.165) is 15.7 Å². The lowest BCUT2D eigenvalue weighted by Gasteiger charge is -2.10. The molecule has 1 aromatic carbocycles. The number of rotatable bonds is 2. The third-order valence-electron chi connectivity index (χ3n) is 2.39. The minimum atomic E-state index is 0.527. The normalized spacial score (nSPS) is 10.6. The smallest absolute Gasteiger partial charge is 0.0693 e. The van der Waals surface area contributed by atoms with E-state index >= 15 is 0 Å². The van der Waals surface area contributed by atoms with E-state index in [9.17, 15) is 0 Å². The van der Waals surface area contributed by atoms with Crippen molar-refractivity contribution in [3.8, 4) is 5.69 Å². The minimum Gasteiger partial charge on any atom is -0.326 e. The van der Waals surface area contributed by atoms with Crippen LogP contribution in [0.4, 0.5) is 0 Å². The number of aryl methyl sites for hydroxylation is 1. The van der Waals surface area contributed by atoms with Crippen LogP contribution in [-0.4, -0.2) is 9.78 Å². The Bertz CT molecular complexity index is 476. The molecule has 15 heavy (non-hydrogen) atoms. The van der Waals surface area contributed by atoms with Gasteiger partial charge in [-0.3, -0.25) is 0 Å². The first-order valence-corrected chi connectivity index (χ1v) is 5.51. The third-order valence-corrected chi connectivity index (χ3v) is 2.80. The molecule has 0 unspecified atom stereocenters. The van der Waals surface area contributed by atoms with Gasteiger partial charge in [0.2, 0.25) is 0 Å². The maximum atomic E-state index is 5.74. The molecule has 1 heterocycles. The Hall–Kier alpha value is -1.13. The van der Waals surface area contributed by atoms with Gasteiger partial charge in [-0.05, 0) is 40.0 Å². The highest BCUT2D eigenvalue weighted by molar-refractivity contribution is 9.10. The average molecular weight is 266 g/mol. The molecule has 1 aromatic heterocycles. The lowest BCUT2D eigenvalue weighted by molar-refractivity contribution is 0.854. The highest BCUT2D eigenvalue weighted by atomic mass is 79.9. The number of hydrogen-bond acceptors (Lipinski definition) is 2. The standard InChI is InChI=1S/C11H12BrN3/c1-8-3-2-4-11(10(8)5-13)15-7-9(12)6-14-15/h2-4,6-7H,5,13H2,1H3. The van der Waals surface area contributed by atoms with E-state index in [1.165, 1.54) is 5.56 Å². The van der Waals surface area contributed by atoms with Crippen molar-refractivity contribution in [2.24, 2.45) is 5.73 Å². The molecule has 0 bridgehead atoms. The molecule has 0 aliphatic carbocycles. The first-order valence-electron chi connectivity index (χ1n) is 4.71. The molecule has 0 radical (unpaired) electrons.